The first-order chi connectivity index (χ1) is 9.68. The molecule has 4 nitrogen and oxygen atoms in total. The van der Waals surface area contributed by atoms with Crippen molar-refractivity contribution in [1.82, 2.24) is 4.90 Å². The van der Waals surface area contributed by atoms with Crippen LogP contribution in [0.5, 0.6) is 5.75 Å². The minimum absolute atomic E-state index is 0.0192. The molecule has 0 aromatic heterocycles. The van der Waals surface area contributed by atoms with Gasteiger partial charge in [-0.05, 0) is 38.0 Å². The monoisotopic (exact) mass is 278 g/mol. The molecule has 1 fully saturated rings. The van der Waals surface area contributed by atoms with Crippen LogP contribution in [0.4, 0.5) is 0 Å². The van der Waals surface area contributed by atoms with Crippen LogP contribution < -0.4 is 10.5 Å². The molecule has 1 aromatic rings. The predicted molar refractivity (Wildman–Crippen MR) is 81.2 cm³/mol. The van der Waals surface area contributed by atoms with Crippen LogP contribution in [0.1, 0.15) is 19.4 Å². The average Bonchev–Trinajstić information content (AvgIpc) is 2.49. The van der Waals surface area contributed by atoms with Crippen molar-refractivity contribution in [3.63, 3.8) is 0 Å². The Morgan fingerprint density at radius 1 is 1.35 bits per heavy atom. The highest BCUT2D eigenvalue weighted by atomic mass is 16.5. The molecule has 0 amide bonds. The maximum Gasteiger partial charge on any atom is 0.119 e. The second kappa shape index (κ2) is 7.07. The molecule has 1 saturated heterocycles. The Morgan fingerprint density at radius 2 is 2.10 bits per heavy atom. The fourth-order valence-electron chi connectivity index (χ4n) is 2.77. The Bertz CT molecular complexity index is 419. The first kappa shape index (κ1) is 15.3. The van der Waals surface area contributed by atoms with E-state index in [9.17, 15) is 0 Å². The van der Waals surface area contributed by atoms with E-state index in [2.05, 4.69) is 30.0 Å². The van der Waals surface area contributed by atoms with Crippen LogP contribution in [0.15, 0.2) is 24.3 Å². The number of hydrogen-bond donors (Lipinski definition) is 1. The minimum atomic E-state index is -0.0192. The summed E-state index contributed by atoms with van der Waals surface area (Å²) in [4.78, 5) is 2.45. The summed E-state index contributed by atoms with van der Waals surface area (Å²) in [5, 5.41) is 0. The van der Waals surface area contributed by atoms with Crippen molar-refractivity contribution in [3.8, 4) is 5.75 Å². The van der Waals surface area contributed by atoms with Gasteiger partial charge in [0.05, 0.1) is 19.8 Å². The molecule has 0 aliphatic carbocycles. The summed E-state index contributed by atoms with van der Waals surface area (Å²) in [6.07, 6.45) is 0.935. The molecule has 1 unspecified atom stereocenters. The van der Waals surface area contributed by atoms with Crippen LogP contribution in [-0.4, -0.2) is 49.9 Å². The Balaban J connectivity index is 2.09. The summed E-state index contributed by atoms with van der Waals surface area (Å²) in [6.45, 7) is 9.10. The third-order valence-electron chi connectivity index (χ3n) is 4.01. The van der Waals surface area contributed by atoms with Gasteiger partial charge in [0.25, 0.3) is 0 Å². The number of hydrogen-bond acceptors (Lipinski definition) is 4. The molecule has 0 saturated carbocycles. The number of rotatable bonds is 6. The molecule has 1 aliphatic heterocycles. The van der Waals surface area contributed by atoms with Gasteiger partial charge in [0.2, 0.25) is 0 Å². The van der Waals surface area contributed by atoms with E-state index >= 15 is 0 Å². The quantitative estimate of drug-likeness (QED) is 0.860. The first-order valence-electron chi connectivity index (χ1n) is 7.42. The number of ether oxygens (including phenoxy) is 2. The van der Waals surface area contributed by atoms with Crippen molar-refractivity contribution < 1.29 is 9.47 Å². The maximum absolute atomic E-state index is 6.07. The fraction of sp³-hybridized carbons (Fsp3) is 0.625. The van der Waals surface area contributed by atoms with Gasteiger partial charge in [0, 0.05) is 25.2 Å². The van der Waals surface area contributed by atoms with Gasteiger partial charge in [-0.3, -0.25) is 4.90 Å². The van der Waals surface area contributed by atoms with Crippen LogP contribution in [0.2, 0.25) is 0 Å². The number of nitrogens with two attached hydrogens (primary N) is 1. The van der Waals surface area contributed by atoms with E-state index in [1.54, 1.807) is 0 Å². The van der Waals surface area contributed by atoms with Gasteiger partial charge in [-0.2, -0.15) is 0 Å². The van der Waals surface area contributed by atoms with E-state index in [1.165, 1.54) is 5.56 Å². The van der Waals surface area contributed by atoms with Gasteiger partial charge in [-0.25, -0.2) is 0 Å². The van der Waals surface area contributed by atoms with Gasteiger partial charge in [0.1, 0.15) is 5.75 Å². The molecule has 2 rings (SSSR count). The molecule has 1 aliphatic rings. The Labute approximate surface area is 121 Å². The normalized spacial score (nSPS) is 19.6. The summed E-state index contributed by atoms with van der Waals surface area (Å²) in [6, 6.07) is 8.33. The number of benzene rings is 1. The Kier molecular flexibility index (Phi) is 5.40. The molecule has 1 heterocycles. The zero-order valence-electron chi connectivity index (χ0n) is 12.6. The second-order valence-corrected chi connectivity index (χ2v) is 5.56. The Hall–Kier alpha value is -1.10. The first-order valence-corrected chi connectivity index (χ1v) is 7.42. The van der Waals surface area contributed by atoms with Crippen LogP contribution in [-0.2, 0) is 11.2 Å². The highest BCUT2D eigenvalue weighted by Crippen LogP contribution is 2.23. The number of morpholine rings is 1. The zero-order chi connectivity index (χ0) is 14.4. The molecule has 112 valence electrons. The van der Waals surface area contributed by atoms with Gasteiger partial charge in [-0.15, -0.1) is 0 Å². The molecule has 20 heavy (non-hydrogen) atoms. The maximum atomic E-state index is 6.07. The molecule has 4 heteroatoms. The summed E-state index contributed by atoms with van der Waals surface area (Å²) >= 11 is 0. The molecule has 1 aromatic carbocycles. The van der Waals surface area contributed by atoms with Crippen LogP contribution in [0.25, 0.3) is 0 Å². The summed E-state index contributed by atoms with van der Waals surface area (Å²) in [5.74, 6) is 0.936. The van der Waals surface area contributed by atoms with Crippen LogP contribution in [0.3, 0.4) is 0 Å². The third kappa shape index (κ3) is 3.72. The lowest BCUT2D eigenvalue weighted by Gasteiger charge is -2.43. The molecular weight excluding hydrogens is 252 g/mol. The van der Waals surface area contributed by atoms with Crippen molar-refractivity contribution in [2.45, 2.75) is 25.8 Å². The van der Waals surface area contributed by atoms with Crippen LogP contribution >= 0.6 is 0 Å². The second-order valence-electron chi connectivity index (χ2n) is 5.56. The summed E-state index contributed by atoms with van der Waals surface area (Å²) in [5.41, 5.74) is 7.32. The van der Waals surface area contributed by atoms with E-state index in [1.807, 2.05) is 13.0 Å². The highest BCUT2D eigenvalue weighted by molar-refractivity contribution is 5.29. The van der Waals surface area contributed by atoms with Crippen molar-refractivity contribution in [3.05, 3.63) is 29.8 Å². The third-order valence-corrected chi connectivity index (χ3v) is 4.01. The molecule has 0 radical (unpaired) electrons. The van der Waals surface area contributed by atoms with E-state index in [0.29, 0.717) is 13.2 Å². The zero-order valence-corrected chi connectivity index (χ0v) is 12.6. The van der Waals surface area contributed by atoms with Crippen molar-refractivity contribution in [2.75, 3.05) is 39.5 Å². The molecule has 1 atom stereocenters. The van der Waals surface area contributed by atoms with E-state index in [0.717, 1.165) is 38.5 Å². The fourth-order valence-corrected chi connectivity index (χ4v) is 2.77. The van der Waals surface area contributed by atoms with Crippen molar-refractivity contribution in [2.24, 2.45) is 5.73 Å². The largest absolute Gasteiger partial charge is 0.494 e. The lowest BCUT2D eigenvalue weighted by atomic mass is 9.90. The SMILES string of the molecule is CCOc1cccc(CC(C)(CN)N2CCOCC2)c1. The van der Waals surface area contributed by atoms with Crippen molar-refractivity contribution in [1.29, 1.82) is 0 Å². The van der Waals surface area contributed by atoms with E-state index in [-0.39, 0.29) is 5.54 Å². The molecule has 0 spiro atoms. The van der Waals surface area contributed by atoms with E-state index < -0.39 is 0 Å². The molecular formula is C16H26N2O2. The number of nitrogens with zero attached hydrogens (tertiary/aromatic N) is 1. The van der Waals surface area contributed by atoms with Crippen LogP contribution in [0, 0.1) is 0 Å². The Morgan fingerprint density at radius 3 is 2.75 bits per heavy atom. The van der Waals surface area contributed by atoms with E-state index in [4.69, 9.17) is 15.2 Å². The van der Waals surface area contributed by atoms with Crippen molar-refractivity contribution >= 4 is 0 Å². The highest BCUT2D eigenvalue weighted by Gasteiger charge is 2.31. The minimum Gasteiger partial charge on any atom is -0.494 e. The average molecular weight is 278 g/mol. The molecule has 2 N–H and O–H groups in total. The molecule has 0 bridgehead atoms. The van der Waals surface area contributed by atoms with Gasteiger partial charge in [0.15, 0.2) is 0 Å². The summed E-state index contributed by atoms with van der Waals surface area (Å²) < 4.78 is 11.0. The predicted octanol–water partition coefficient (Wildman–Crippen LogP) is 1.68. The van der Waals surface area contributed by atoms with Gasteiger partial charge < -0.3 is 15.2 Å². The lowest BCUT2D eigenvalue weighted by molar-refractivity contribution is -0.0132. The van der Waals surface area contributed by atoms with Gasteiger partial charge in [-0.1, -0.05) is 12.1 Å². The van der Waals surface area contributed by atoms with Gasteiger partial charge >= 0.3 is 0 Å². The summed E-state index contributed by atoms with van der Waals surface area (Å²) in [7, 11) is 0. The standard InChI is InChI=1S/C16H26N2O2/c1-3-20-15-6-4-5-14(11-15)12-16(2,13-17)18-7-9-19-10-8-18/h4-6,11H,3,7-10,12-13,17H2,1-2H3. The lowest BCUT2D eigenvalue weighted by Crippen LogP contribution is -2.56. The topological polar surface area (TPSA) is 47.7 Å². The smallest absolute Gasteiger partial charge is 0.119 e.